The highest BCUT2D eigenvalue weighted by Crippen LogP contribution is 2.23. The standard InChI is InChI=1S/C19H26Cl2N4O2/c1-12(18(26)22-16-3-4-16)24-5-7-25(8-6-24)13(2)19(27)23-17-10-14(20)9-15(21)11-17/h9-13,16H,3-8H2,1-2H3,(H,22,26)(H,23,27). The molecule has 0 aromatic heterocycles. The average molecular weight is 413 g/mol. The monoisotopic (exact) mass is 412 g/mol. The van der Waals surface area contributed by atoms with Crippen LogP contribution in [-0.2, 0) is 9.59 Å². The number of amides is 2. The number of piperazine rings is 1. The maximum atomic E-state index is 12.6. The van der Waals surface area contributed by atoms with E-state index in [1.807, 2.05) is 13.8 Å². The van der Waals surface area contributed by atoms with Crippen LogP contribution in [0, 0.1) is 0 Å². The maximum absolute atomic E-state index is 12.6. The number of nitrogens with one attached hydrogen (secondary N) is 2. The molecule has 148 valence electrons. The van der Waals surface area contributed by atoms with Crippen molar-refractivity contribution in [3.63, 3.8) is 0 Å². The number of benzene rings is 1. The summed E-state index contributed by atoms with van der Waals surface area (Å²) in [4.78, 5) is 29.1. The lowest BCUT2D eigenvalue weighted by Crippen LogP contribution is -2.57. The summed E-state index contributed by atoms with van der Waals surface area (Å²) in [5.41, 5.74) is 0.591. The number of nitrogens with zero attached hydrogens (tertiary/aromatic N) is 2. The Hall–Kier alpha value is -1.34. The minimum absolute atomic E-state index is 0.0960. The van der Waals surface area contributed by atoms with Crippen LogP contribution in [-0.4, -0.2) is 65.9 Å². The lowest BCUT2D eigenvalue weighted by Gasteiger charge is -2.39. The molecule has 0 bridgehead atoms. The number of hydrogen-bond donors (Lipinski definition) is 2. The van der Waals surface area contributed by atoms with Gasteiger partial charge >= 0.3 is 0 Å². The summed E-state index contributed by atoms with van der Waals surface area (Å²) in [6, 6.07) is 4.95. The number of hydrogen-bond acceptors (Lipinski definition) is 4. The van der Waals surface area contributed by atoms with Crippen LogP contribution in [0.25, 0.3) is 0 Å². The van der Waals surface area contributed by atoms with Crippen LogP contribution in [0.4, 0.5) is 5.69 Å². The van der Waals surface area contributed by atoms with E-state index in [0.29, 0.717) is 21.8 Å². The van der Waals surface area contributed by atoms with Gasteiger partial charge in [-0.1, -0.05) is 23.2 Å². The molecule has 2 amide bonds. The minimum atomic E-state index is -0.277. The molecule has 1 aromatic rings. The van der Waals surface area contributed by atoms with E-state index in [0.717, 1.165) is 39.0 Å². The topological polar surface area (TPSA) is 64.7 Å². The van der Waals surface area contributed by atoms with Gasteiger partial charge in [-0.3, -0.25) is 19.4 Å². The van der Waals surface area contributed by atoms with Crippen molar-refractivity contribution in [3.05, 3.63) is 28.2 Å². The number of carbonyl (C=O) groups excluding carboxylic acids is 2. The average Bonchev–Trinajstić information content (AvgIpc) is 3.43. The van der Waals surface area contributed by atoms with Crippen molar-refractivity contribution in [3.8, 4) is 0 Å². The summed E-state index contributed by atoms with van der Waals surface area (Å²) in [5.74, 6) is 0.0101. The molecule has 1 aliphatic carbocycles. The lowest BCUT2D eigenvalue weighted by atomic mass is 10.1. The Balaban J connectivity index is 1.49. The first-order valence-corrected chi connectivity index (χ1v) is 10.1. The molecule has 2 fully saturated rings. The predicted octanol–water partition coefficient (Wildman–Crippen LogP) is 2.61. The summed E-state index contributed by atoms with van der Waals surface area (Å²) in [6.45, 7) is 6.85. The first-order valence-electron chi connectivity index (χ1n) is 9.39. The van der Waals surface area contributed by atoms with Crippen molar-refractivity contribution in [2.45, 2.75) is 44.8 Å². The van der Waals surface area contributed by atoms with Crippen LogP contribution < -0.4 is 10.6 Å². The number of halogens is 2. The summed E-state index contributed by atoms with van der Waals surface area (Å²) in [6.07, 6.45) is 2.19. The minimum Gasteiger partial charge on any atom is -0.352 e. The van der Waals surface area contributed by atoms with E-state index in [4.69, 9.17) is 23.2 Å². The first-order chi connectivity index (χ1) is 12.8. The third kappa shape index (κ3) is 5.57. The van der Waals surface area contributed by atoms with Crippen LogP contribution in [0.15, 0.2) is 18.2 Å². The molecule has 2 aliphatic rings. The van der Waals surface area contributed by atoms with Crippen molar-refractivity contribution in [1.29, 1.82) is 0 Å². The zero-order valence-corrected chi connectivity index (χ0v) is 17.2. The number of rotatable bonds is 6. The van der Waals surface area contributed by atoms with E-state index in [2.05, 4.69) is 20.4 Å². The smallest absolute Gasteiger partial charge is 0.241 e. The van der Waals surface area contributed by atoms with Gasteiger partial charge in [-0.15, -0.1) is 0 Å². The van der Waals surface area contributed by atoms with Gasteiger partial charge in [-0.05, 0) is 44.9 Å². The molecule has 2 unspecified atom stereocenters. The second-order valence-electron chi connectivity index (χ2n) is 7.35. The van der Waals surface area contributed by atoms with E-state index >= 15 is 0 Å². The van der Waals surface area contributed by atoms with Gasteiger partial charge in [-0.25, -0.2) is 0 Å². The van der Waals surface area contributed by atoms with Crippen molar-refractivity contribution < 1.29 is 9.59 Å². The Morgan fingerprint density at radius 3 is 1.89 bits per heavy atom. The third-order valence-corrected chi connectivity index (χ3v) is 5.69. The highest BCUT2D eigenvalue weighted by atomic mass is 35.5. The fourth-order valence-electron chi connectivity index (χ4n) is 3.27. The fraction of sp³-hybridized carbons (Fsp3) is 0.579. The van der Waals surface area contributed by atoms with E-state index in [9.17, 15) is 9.59 Å². The van der Waals surface area contributed by atoms with Gasteiger partial charge < -0.3 is 10.6 Å². The molecule has 0 radical (unpaired) electrons. The Bertz CT molecular complexity index is 683. The van der Waals surface area contributed by atoms with E-state index in [-0.39, 0.29) is 23.9 Å². The molecule has 0 spiro atoms. The van der Waals surface area contributed by atoms with Crippen LogP contribution in [0.5, 0.6) is 0 Å². The van der Waals surface area contributed by atoms with E-state index in [1.165, 1.54) is 0 Å². The van der Waals surface area contributed by atoms with Gasteiger partial charge in [0.1, 0.15) is 0 Å². The molecule has 3 rings (SSSR count). The molecular weight excluding hydrogens is 387 g/mol. The lowest BCUT2D eigenvalue weighted by molar-refractivity contribution is -0.128. The second-order valence-corrected chi connectivity index (χ2v) is 8.23. The van der Waals surface area contributed by atoms with Gasteiger partial charge in [-0.2, -0.15) is 0 Å². The summed E-state index contributed by atoms with van der Waals surface area (Å²) < 4.78 is 0. The number of anilines is 1. The molecule has 2 N–H and O–H groups in total. The van der Waals surface area contributed by atoms with Crippen LogP contribution in [0.1, 0.15) is 26.7 Å². The van der Waals surface area contributed by atoms with Gasteiger partial charge in [0.2, 0.25) is 11.8 Å². The predicted molar refractivity (Wildman–Crippen MR) is 108 cm³/mol. The van der Waals surface area contributed by atoms with Crippen molar-refractivity contribution >= 4 is 40.7 Å². The molecular formula is C19H26Cl2N4O2. The summed E-state index contributed by atoms with van der Waals surface area (Å²) in [5, 5.41) is 6.90. The van der Waals surface area contributed by atoms with Crippen LogP contribution >= 0.6 is 23.2 Å². The molecule has 1 aromatic carbocycles. The normalized spacial score (nSPS) is 20.7. The van der Waals surface area contributed by atoms with Crippen LogP contribution in [0.2, 0.25) is 10.0 Å². The van der Waals surface area contributed by atoms with Gasteiger partial charge in [0.15, 0.2) is 0 Å². The molecule has 8 heteroatoms. The zero-order valence-electron chi connectivity index (χ0n) is 15.7. The Morgan fingerprint density at radius 2 is 1.41 bits per heavy atom. The molecule has 1 heterocycles. The highest BCUT2D eigenvalue weighted by molar-refractivity contribution is 6.35. The molecule has 1 saturated heterocycles. The molecule has 1 aliphatic heterocycles. The Labute approximate surface area is 170 Å². The SMILES string of the molecule is CC(C(=O)Nc1cc(Cl)cc(Cl)c1)N1CCN(C(C)C(=O)NC2CC2)CC1. The van der Waals surface area contributed by atoms with E-state index < -0.39 is 0 Å². The fourth-order valence-corrected chi connectivity index (χ4v) is 3.79. The maximum Gasteiger partial charge on any atom is 0.241 e. The molecule has 6 nitrogen and oxygen atoms in total. The summed E-state index contributed by atoms with van der Waals surface area (Å²) >= 11 is 12.0. The first kappa shape index (κ1) is 20.4. The third-order valence-electron chi connectivity index (χ3n) is 5.26. The highest BCUT2D eigenvalue weighted by Gasteiger charge is 2.32. The van der Waals surface area contributed by atoms with Crippen molar-refractivity contribution in [2.24, 2.45) is 0 Å². The Morgan fingerprint density at radius 1 is 0.926 bits per heavy atom. The quantitative estimate of drug-likeness (QED) is 0.753. The van der Waals surface area contributed by atoms with Crippen molar-refractivity contribution in [1.82, 2.24) is 15.1 Å². The Kier molecular flexibility index (Phi) is 6.63. The second kappa shape index (κ2) is 8.78. The van der Waals surface area contributed by atoms with E-state index in [1.54, 1.807) is 18.2 Å². The largest absolute Gasteiger partial charge is 0.352 e. The molecule has 2 atom stereocenters. The van der Waals surface area contributed by atoms with Gasteiger partial charge in [0.25, 0.3) is 0 Å². The van der Waals surface area contributed by atoms with Crippen LogP contribution in [0.3, 0.4) is 0 Å². The molecule has 27 heavy (non-hydrogen) atoms. The number of carbonyl (C=O) groups is 2. The molecule has 1 saturated carbocycles. The van der Waals surface area contributed by atoms with Crippen molar-refractivity contribution in [2.75, 3.05) is 31.5 Å². The van der Waals surface area contributed by atoms with Gasteiger partial charge in [0, 0.05) is 48.0 Å². The zero-order chi connectivity index (χ0) is 19.6. The summed E-state index contributed by atoms with van der Waals surface area (Å²) in [7, 11) is 0. The van der Waals surface area contributed by atoms with Gasteiger partial charge in [0.05, 0.1) is 12.1 Å².